The van der Waals surface area contributed by atoms with Crippen molar-refractivity contribution in [2.75, 3.05) is 17.6 Å². The Morgan fingerprint density at radius 3 is 2.28 bits per heavy atom. The third-order valence-corrected chi connectivity index (χ3v) is 3.62. The van der Waals surface area contributed by atoms with Gasteiger partial charge in [-0.05, 0) is 23.8 Å². The second kappa shape index (κ2) is 6.28. The number of nitrogen functional groups attached to an aromatic ring is 1. The third kappa shape index (κ3) is 3.77. The molecule has 0 bridgehead atoms. The fourth-order valence-corrected chi connectivity index (χ4v) is 2.36. The van der Waals surface area contributed by atoms with Crippen molar-refractivity contribution in [3.63, 3.8) is 0 Å². The first-order valence-corrected chi connectivity index (χ1v) is 6.69. The summed E-state index contributed by atoms with van der Waals surface area (Å²) in [5, 5.41) is 3.28. The van der Waals surface area contributed by atoms with Crippen molar-refractivity contribution in [3.8, 4) is 0 Å². The van der Waals surface area contributed by atoms with Gasteiger partial charge in [0.25, 0.3) is 0 Å². The van der Waals surface area contributed by atoms with E-state index in [0.717, 1.165) is 6.54 Å². The molecular weight excluding hydrogens is 251 g/mol. The van der Waals surface area contributed by atoms with Crippen LogP contribution in [0.4, 0.5) is 15.8 Å². The summed E-state index contributed by atoms with van der Waals surface area (Å²) in [6.07, 6.45) is 0. The molecule has 18 heavy (non-hydrogen) atoms. The fraction of sp³-hybridized carbons (Fsp3) is 0.571. The van der Waals surface area contributed by atoms with Crippen LogP contribution in [0, 0.1) is 23.6 Å². The molecule has 0 fully saturated rings. The van der Waals surface area contributed by atoms with Gasteiger partial charge in [-0.25, -0.2) is 4.39 Å². The summed E-state index contributed by atoms with van der Waals surface area (Å²) in [7, 11) is 0. The standard InChI is InChI=1S/C14H22ClFN2/c1-8(2)10(9(3)4)7-18-14-6-12(16)11(15)5-13(14)17/h5-6,8-10,18H,7,17H2,1-4H3. The van der Waals surface area contributed by atoms with Gasteiger partial charge in [0.15, 0.2) is 0 Å². The molecule has 3 N–H and O–H groups in total. The van der Waals surface area contributed by atoms with Crippen molar-refractivity contribution >= 4 is 23.0 Å². The van der Waals surface area contributed by atoms with E-state index >= 15 is 0 Å². The number of benzene rings is 1. The summed E-state index contributed by atoms with van der Waals surface area (Å²) < 4.78 is 13.4. The summed E-state index contributed by atoms with van der Waals surface area (Å²) in [4.78, 5) is 0. The fourth-order valence-electron chi connectivity index (χ4n) is 2.18. The first-order valence-electron chi connectivity index (χ1n) is 6.31. The Morgan fingerprint density at radius 1 is 1.22 bits per heavy atom. The summed E-state index contributed by atoms with van der Waals surface area (Å²) >= 11 is 5.67. The number of hydrogen-bond acceptors (Lipinski definition) is 2. The maximum atomic E-state index is 13.4. The molecular formula is C14H22ClFN2. The highest BCUT2D eigenvalue weighted by Gasteiger charge is 2.17. The van der Waals surface area contributed by atoms with Crippen molar-refractivity contribution in [2.24, 2.45) is 17.8 Å². The smallest absolute Gasteiger partial charge is 0.143 e. The van der Waals surface area contributed by atoms with E-state index in [9.17, 15) is 4.39 Å². The number of nitrogens with two attached hydrogens (primary N) is 1. The van der Waals surface area contributed by atoms with Gasteiger partial charge < -0.3 is 11.1 Å². The van der Waals surface area contributed by atoms with E-state index in [2.05, 4.69) is 33.0 Å². The Morgan fingerprint density at radius 2 is 1.78 bits per heavy atom. The number of hydrogen-bond donors (Lipinski definition) is 2. The van der Waals surface area contributed by atoms with E-state index in [1.54, 1.807) is 0 Å². The zero-order valence-corrected chi connectivity index (χ0v) is 12.2. The number of anilines is 2. The maximum absolute atomic E-state index is 13.4. The summed E-state index contributed by atoms with van der Waals surface area (Å²) in [5.74, 6) is 1.20. The quantitative estimate of drug-likeness (QED) is 0.780. The van der Waals surface area contributed by atoms with Crippen molar-refractivity contribution in [2.45, 2.75) is 27.7 Å². The zero-order chi connectivity index (χ0) is 13.9. The minimum atomic E-state index is -0.445. The predicted octanol–water partition coefficient (Wildman–Crippen LogP) is 4.40. The second-order valence-electron chi connectivity index (χ2n) is 5.39. The number of halogens is 2. The van der Waals surface area contributed by atoms with Crippen LogP contribution in [0.3, 0.4) is 0 Å². The van der Waals surface area contributed by atoms with Gasteiger partial charge in [0.1, 0.15) is 5.82 Å². The first kappa shape index (κ1) is 15.1. The van der Waals surface area contributed by atoms with E-state index < -0.39 is 5.82 Å². The molecule has 0 aromatic heterocycles. The van der Waals surface area contributed by atoms with E-state index in [0.29, 0.717) is 29.1 Å². The summed E-state index contributed by atoms with van der Waals surface area (Å²) in [6, 6.07) is 2.80. The van der Waals surface area contributed by atoms with Crippen molar-refractivity contribution in [3.05, 3.63) is 23.0 Å². The molecule has 1 rings (SSSR count). The minimum absolute atomic E-state index is 0.0577. The van der Waals surface area contributed by atoms with Gasteiger partial charge in [0, 0.05) is 12.6 Å². The lowest BCUT2D eigenvalue weighted by molar-refractivity contribution is 0.304. The molecule has 0 saturated carbocycles. The van der Waals surface area contributed by atoms with Crippen LogP contribution in [0.1, 0.15) is 27.7 Å². The topological polar surface area (TPSA) is 38.0 Å². The highest BCUT2D eigenvalue weighted by atomic mass is 35.5. The van der Waals surface area contributed by atoms with Crippen LogP contribution in [0.25, 0.3) is 0 Å². The molecule has 102 valence electrons. The Bertz CT molecular complexity index is 397. The molecule has 2 nitrogen and oxygen atoms in total. The van der Waals surface area contributed by atoms with Crippen LogP contribution in [0.5, 0.6) is 0 Å². The van der Waals surface area contributed by atoms with E-state index in [-0.39, 0.29) is 5.02 Å². The first-order chi connectivity index (χ1) is 8.32. The Labute approximate surface area is 114 Å². The number of nitrogens with one attached hydrogen (secondary N) is 1. The molecule has 0 spiro atoms. The highest BCUT2D eigenvalue weighted by molar-refractivity contribution is 6.31. The third-order valence-electron chi connectivity index (χ3n) is 3.33. The lowest BCUT2D eigenvalue weighted by Crippen LogP contribution is -2.24. The molecule has 0 radical (unpaired) electrons. The molecule has 4 heteroatoms. The predicted molar refractivity (Wildman–Crippen MR) is 77.5 cm³/mol. The SMILES string of the molecule is CC(C)C(CNc1cc(F)c(Cl)cc1N)C(C)C. The molecule has 0 saturated heterocycles. The second-order valence-corrected chi connectivity index (χ2v) is 5.79. The molecule has 0 heterocycles. The summed E-state index contributed by atoms with van der Waals surface area (Å²) in [5.41, 5.74) is 6.91. The van der Waals surface area contributed by atoms with Crippen LogP contribution in [0.2, 0.25) is 5.02 Å². The zero-order valence-electron chi connectivity index (χ0n) is 11.4. The minimum Gasteiger partial charge on any atom is -0.397 e. The van der Waals surface area contributed by atoms with Crippen LogP contribution >= 0.6 is 11.6 Å². The van der Waals surface area contributed by atoms with Gasteiger partial charge in [-0.2, -0.15) is 0 Å². The van der Waals surface area contributed by atoms with Crippen molar-refractivity contribution in [1.82, 2.24) is 0 Å². The van der Waals surface area contributed by atoms with Gasteiger partial charge in [-0.15, -0.1) is 0 Å². The maximum Gasteiger partial charge on any atom is 0.143 e. The Hall–Kier alpha value is -0.960. The average molecular weight is 273 g/mol. The van der Waals surface area contributed by atoms with E-state index in [4.69, 9.17) is 17.3 Å². The molecule has 0 atom stereocenters. The normalized spacial score (nSPS) is 11.6. The number of rotatable bonds is 5. The molecule has 0 aliphatic heterocycles. The summed E-state index contributed by atoms with van der Waals surface area (Å²) in [6.45, 7) is 9.55. The van der Waals surface area contributed by atoms with Crippen LogP contribution in [-0.4, -0.2) is 6.54 Å². The van der Waals surface area contributed by atoms with Gasteiger partial charge >= 0.3 is 0 Å². The lowest BCUT2D eigenvalue weighted by atomic mass is 9.85. The van der Waals surface area contributed by atoms with Crippen LogP contribution in [-0.2, 0) is 0 Å². The molecule has 1 aromatic carbocycles. The van der Waals surface area contributed by atoms with Gasteiger partial charge in [0.05, 0.1) is 16.4 Å². The average Bonchev–Trinajstić information content (AvgIpc) is 2.24. The van der Waals surface area contributed by atoms with Gasteiger partial charge in [0.2, 0.25) is 0 Å². The van der Waals surface area contributed by atoms with Gasteiger partial charge in [-0.3, -0.25) is 0 Å². The molecule has 1 aromatic rings. The monoisotopic (exact) mass is 272 g/mol. The van der Waals surface area contributed by atoms with Crippen molar-refractivity contribution < 1.29 is 4.39 Å². The molecule has 0 amide bonds. The van der Waals surface area contributed by atoms with Crippen LogP contribution in [0.15, 0.2) is 12.1 Å². The van der Waals surface area contributed by atoms with Gasteiger partial charge in [-0.1, -0.05) is 39.3 Å². The molecule has 0 aliphatic carbocycles. The Balaban J connectivity index is 2.76. The van der Waals surface area contributed by atoms with E-state index in [1.807, 2.05) is 0 Å². The lowest BCUT2D eigenvalue weighted by Gasteiger charge is -2.26. The Kier molecular flexibility index (Phi) is 5.27. The molecule has 0 aliphatic rings. The largest absolute Gasteiger partial charge is 0.397 e. The van der Waals surface area contributed by atoms with E-state index in [1.165, 1.54) is 12.1 Å². The highest BCUT2D eigenvalue weighted by Crippen LogP contribution is 2.28. The van der Waals surface area contributed by atoms with Crippen LogP contribution < -0.4 is 11.1 Å². The van der Waals surface area contributed by atoms with Crippen molar-refractivity contribution in [1.29, 1.82) is 0 Å². The molecule has 0 unspecified atom stereocenters.